The van der Waals surface area contributed by atoms with Crippen LogP contribution in [0.15, 0.2) is 24.8 Å². The minimum Gasteiger partial charge on any atom is -0.504 e. The number of ketones is 1. The van der Waals surface area contributed by atoms with Gasteiger partial charge < -0.3 is 14.9 Å². The van der Waals surface area contributed by atoms with E-state index in [9.17, 15) is 15.0 Å². The lowest BCUT2D eigenvalue weighted by Crippen LogP contribution is -2.71. The van der Waals surface area contributed by atoms with Crippen LogP contribution in [-0.2, 0) is 16.6 Å². The Kier molecular flexibility index (Phi) is 3.00. The summed E-state index contributed by atoms with van der Waals surface area (Å²) in [6.45, 7) is 5.47. The lowest BCUT2D eigenvalue weighted by atomic mass is 9.51. The monoisotopic (exact) mass is 341 g/mol. The minimum atomic E-state index is -1.02. The van der Waals surface area contributed by atoms with E-state index in [1.165, 1.54) is 0 Å². The van der Waals surface area contributed by atoms with Gasteiger partial charge in [0.25, 0.3) is 0 Å². The number of nitrogens with zero attached hydrogens (tertiary/aromatic N) is 1. The molecule has 4 aliphatic rings. The normalized spacial score (nSPS) is 38.7. The number of ether oxygens (including phenoxy) is 1. The number of hydrogen-bond acceptors (Lipinski definition) is 5. The molecule has 5 heteroatoms. The maximum atomic E-state index is 12.7. The molecule has 2 N–H and O–H groups in total. The predicted octanol–water partition coefficient (Wildman–Crippen LogP) is 1.69. The van der Waals surface area contributed by atoms with Crippen molar-refractivity contribution < 1.29 is 19.7 Å². The first-order valence-electron chi connectivity index (χ1n) is 9.15. The van der Waals surface area contributed by atoms with E-state index in [4.69, 9.17) is 4.74 Å². The molecular weight excluding hydrogens is 318 g/mol. The molecular formula is C20H23NO4. The summed E-state index contributed by atoms with van der Waals surface area (Å²) in [6.07, 6.45) is 4.28. The van der Waals surface area contributed by atoms with Crippen molar-refractivity contribution in [3.63, 3.8) is 0 Å². The van der Waals surface area contributed by atoms with Gasteiger partial charge in [0, 0.05) is 24.6 Å². The fourth-order valence-corrected chi connectivity index (χ4v) is 6.04. The van der Waals surface area contributed by atoms with Crippen LogP contribution in [0.1, 0.15) is 36.8 Å². The Morgan fingerprint density at radius 3 is 3.04 bits per heavy atom. The molecule has 1 aromatic rings. The number of aromatic hydroxyl groups is 1. The maximum absolute atomic E-state index is 12.7. The van der Waals surface area contributed by atoms with Crippen LogP contribution in [0.5, 0.6) is 11.5 Å². The second-order valence-corrected chi connectivity index (χ2v) is 7.91. The van der Waals surface area contributed by atoms with Crippen LogP contribution in [0.3, 0.4) is 0 Å². The van der Waals surface area contributed by atoms with Crippen molar-refractivity contribution in [2.75, 3.05) is 13.1 Å². The molecule has 0 unspecified atom stereocenters. The largest absolute Gasteiger partial charge is 0.504 e. The molecule has 1 spiro atoms. The Balaban J connectivity index is 1.81. The second kappa shape index (κ2) is 4.86. The highest BCUT2D eigenvalue weighted by Crippen LogP contribution is 2.64. The summed E-state index contributed by atoms with van der Waals surface area (Å²) in [5.74, 6) is 0.541. The first kappa shape index (κ1) is 15.4. The van der Waals surface area contributed by atoms with Gasteiger partial charge in [0.15, 0.2) is 23.4 Å². The zero-order valence-electron chi connectivity index (χ0n) is 14.2. The summed E-state index contributed by atoms with van der Waals surface area (Å²) >= 11 is 0. The van der Waals surface area contributed by atoms with Crippen LogP contribution in [-0.4, -0.2) is 51.7 Å². The smallest absolute Gasteiger partial charge is 0.174 e. The van der Waals surface area contributed by atoms with Gasteiger partial charge in [-0.3, -0.25) is 9.69 Å². The summed E-state index contributed by atoms with van der Waals surface area (Å²) in [4.78, 5) is 15.1. The Morgan fingerprint density at radius 1 is 1.40 bits per heavy atom. The van der Waals surface area contributed by atoms with E-state index in [1.807, 2.05) is 12.1 Å². The molecule has 0 aromatic heterocycles. The highest BCUT2D eigenvalue weighted by molar-refractivity contribution is 5.90. The van der Waals surface area contributed by atoms with Crippen molar-refractivity contribution in [1.82, 2.24) is 4.90 Å². The van der Waals surface area contributed by atoms with Crippen molar-refractivity contribution in [3.05, 3.63) is 35.9 Å². The average Bonchev–Trinajstić information content (AvgIpc) is 2.93. The summed E-state index contributed by atoms with van der Waals surface area (Å²) < 4.78 is 6.04. The third kappa shape index (κ3) is 1.64. The van der Waals surface area contributed by atoms with Gasteiger partial charge in [0.2, 0.25) is 0 Å². The Bertz CT molecular complexity index is 790. The first-order chi connectivity index (χ1) is 12.0. The van der Waals surface area contributed by atoms with E-state index in [0.29, 0.717) is 31.4 Å². The van der Waals surface area contributed by atoms with Gasteiger partial charge in [-0.25, -0.2) is 0 Å². The Morgan fingerprint density at radius 2 is 2.24 bits per heavy atom. The Labute approximate surface area is 146 Å². The summed E-state index contributed by atoms with van der Waals surface area (Å²) in [7, 11) is 0. The standard InChI is InChI=1S/C20H23NO4/c1-2-9-21-10-3-7-19-16-12-4-5-13(22)17(16)25-18(19)14(23)6-8-20(19,24)15(21)11-12/h2,4-5,15,18,22,24H,1,3,6-11H2/t15-,18+,19+,20-/m1/s1. The van der Waals surface area contributed by atoms with E-state index < -0.39 is 17.1 Å². The summed E-state index contributed by atoms with van der Waals surface area (Å²) in [5, 5.41) is 22.3. The SMILES string of the molecule is C=CCN1CCC[C@]23c4c5ccc(O)c4O[C@H]2C(=O)CC[C@@]3(O)[C@H]1C5. The average molecular weight is 341 g/mol. The fraction of sp³-hybridized carbons (Fsp3) is 0.550. The van der Waals surface area contributed by atoms with Crippen LogP contribution in [0.2, 0.25) is 0 Å². The van der Waals surface area contributed by atoms with Gasteiger partial charge >= 0.3 is 0 Å². The Hall–Kier alpha value is -1.85. The summed E-state index contributed by atoms with van der Waals surface area (Å²) in [5.41, 5.74) is 0.238. The molecule has 0 radical (unpaired) electrons. The van der Waals surface area contributed by atoms with Gasteiger partial charge in [-0.15, -0.1) is 6.58 Å². The second-order valence-electron chi connectivity index (χ2n) is 7.91. The maximum Gasteiger partial charge on any atom is 0.174 e. The molecule has 1 aromatic carbocycles. The lowest BCUT2D eigenvalue weighted by molar-refractivity contribution is -0.164. The molecule has 2 aliphatic carbocycles. The van der Waals surface area contributed by atoms with Crippen LogP contribution in [0.4, 0.5) is 0 Å². The third-order valence-corrected chi connectivity index (χ3v) is 6.96. The van der Waals surface area contributed by atoms with Crippen LogP contribution < -0.4 is 4.74 Å². The van der Waals surface area contributed by atoms with E-state index >= 15 is 0 Å². The highest BCUT2D eigenvalue weighted by Gasteiger charge is 2.71. The van der Waals surface area contributed by atoms with Gasteiger partial charge in [-0.05, 0) is 43.9 Å². The molecule has 132 valence electrons. The molecule has 0 amide bonds. The summed E-state index contributed by atoms with van der Waals surface area (Å²) in [6, 6.07) is 3.53. The molecule has 1 saturated heterocycles. The van der Waals surface area contributed by atoms with Gasteiger partial charge in [0.1, 0.15) is 0 Å². The van der Waals surface area contributed by atoms with Crippen molar-refractivity contribution in [2.24, 2.45) is 0 Å². The number of carbonyl (C=O) groups is 1. The number of hydrogen-bond donors (Lipinski definition) is 2. The van der Waals surface area contributed by atoms with Gasteiger partial charge in [-0.2, -0.15) is 0 Å². The molecule has 25 heavy (non-hydrogen) atoms. The first-order valence-corrected chi connectivity index (χ1v) is 9.15. The van der Waals surface area contributed by atoms with E-state index in [0.717, 1.165) is 30.6 Å². The topological polar surface area (TPSA) is 70.0 Å². The van der Waals surface area contributed by atoms with Crippen LogP contribution >= 0.6 is 0 Å². The number of phenols is 1. The number of phenolic OH excluding ortho intramolecular Hbond substituents is 1. The van der Waals surface area contributed by atoms with Crippen molar-refractivity contribution >= 4 is 5.78 Å². The number of likely N-dealkylation sites (tertiary alicyclic amines) is 1. The van der Waals surface area contributed by atoms with Gasteiger partial charge in [-0.1, -0.05) is 12.1 Å². The fourth-order valence-electron chi connectivity index (χ4n) is 6.04. The molecule has 5 nitrogen and oxygen atoms in total. The third-order valence-electron chi connectivity index (χ3n) is 6.96. The molecule has 5 rings (SSSR count). The molecule has 2 aliphatic heterocycles. The molecule has 4 atom stereocenters. The van der Waals surface area contributed by atoms with Crippen molar-refractivity contribution in [3.8, 4) is 11.5 Å². The van der Waals surface area contributed by atoms with E-state index in [-0.39, 0.29) is 17.6 Å². The van der Waals surface area contributed by atoms with Gasteiger partial charge in [0.05, 0.1) is 11.0 Å². The van der Waals surface area contributed by atoms with Crippen LogP contribution in [0, 0.1) is 0 Å². The quantitative estimate of drug-likeness (QED) is 0.801. The number of carbonyl (C=O) groups excluding carboxylic acids is 1. The molecule has 1 saturated carbocycles. The van der Waals surface area contributed by atoms with E-state index in [1.54, 1.807) is 6.07 Å². The van der Waals surface area contributed by atoms with Crippen molar-refractivity contribution in [1.29, 1.82) is 0 Å². The van der Waals surface area contributed by atoms with E-state index in [2.05, 4.69) is 11.5 Å². The molecule has 2 bridgehead atoms. The minimum absolute atomic E-state index is 0.0454. The molecule has 2 fully saturated rings. The lowest BCUT2D eigenvalue weighted by Gasteiger charge is -2.57. The number of aliphatic hydroxyl groups is 1. The zero-order valence-corrected chi connectivity index (χ0v) is 14.2. The predicted molar refractivity (Wildman–Crippen MR) is 91.9 cm³/mol. The number of Topliss-reactive ketones (excluding diaryl/α,β-unsaturated/α-hetero) is 1. The van der Waals surface area contributed by atoms with Crippen molar-refractivity contribution in [2.45, 2.75) is 55.3 Å². The number of benzene rings is 1. The zero-order chi connectivity index (χ0) is 17.4. The highest BCUT2D eigenvalue weighted by atomic mass is 16.5. The molecule has 2 heterocycles. The number of rotatable bonds is 2. The van der Waals surface area contributed by atoms with Crippen LogP contribution in [0.25, 0.3) is 0 Å².